The van der Waals surface area contributed by atoms with Gasteiger partial charge < -0.3 is 10.1 Å². The van der Waals surface area contributed by atoms with Crippen molar-refractivity contribution in [2.24, 2.45) is 17.8 Å². The Hall–Kier alpha value is -0.0800. The van der Waals surface area contributed by atoms with Crippen molar-refractivity contribution in [3.8, 4) is 0 Å². The van der Waals surface area contributed by atoms with E-state index < -0.39 is 0 Å². The van der Waals surface area contributed by atoms with Crippen LogP contribution in [0.1, 0.15) is 38.5 Å². The maximum Gasteiger partial charge on any atom is 0.0587 e. The van der Waals surface area contributed by atoms with Gasteiger partial charge in [0.05, 0.1) is 6.61 Å². The third-order valence-electron chi connectivity index (χ3n) is 4.84. The van der Waals surface area contributed by atoms with Crippen LogP contribution in [0, 0.1) is 17.8 Å². The Morgan fingerprint density at radius 3 is 2.07 bits per heavy atom. The fourth-order valence-electron chi connectivity index (χ4n) is 4.75. The molecule has 15 heavy (non-hydrogen) atoms. The highest BCUT2D eigenvalue weighted by Gasteiger charge is 2.50. The van der Waals surface area contributed by atoms with E-state index in [1.807, 2.05) is 0 Å². The molecule has 2 nitrogen and oxygen atoms in total. The second-order valence-corrected chi connectivity index (χ2v) is 6.12. The highest BCUT2D eigenvalue weighted by atomic mass is 16.5. The molecule has 4 aliphatic rings. The lowest BCUT2D eigenvalue weighted by atomic mass is 9.53. The zero-order valence-corrected chi connectivity index (χ0v) is 9.80. The van der Waals surface area contributed by atoms with Gasteiger partial charge in [-0.15, -0.1) is 0 Å². The van der Waals surface area contributed by atoms with Crippen molar-refractivity contribution in [2.75, 3.05) is 20.3 Å². The average Bonchev–Trinajstić information content (AvgIpc) is 2.15. The lowest BCUT2D eigenvalue weighted by molar-refractivity contribution is -0.0218. The van der Waals surface area contributed by atoms with Gasteiger partial charge in [0.2, 0.25) is 0 Å². The Morgan fingerprint density at radius 2 is 1.60 bits per heavy atom. The van der Waals surface area contributed by atoms with Crippen LogP contribution < -0.4 is 5.32 Å². The third-order valence-corrected chi connectivity index (χ3v) is 4.84. The van der Waals surface area contributed by atoms with Crippen LogP contribution >= 0.6 is 0 Å². The first-order valence-corrected chi connectivity index (χ1v) is 6.54. The molecule has 4 bridgehead atoms. The summed E-state index contributed by atoms with van der Waals surface area (Å²) < 4.78 is 5.14. The summed E-state index contributed by atoms with van der Waals surface area (Å²) in [5.41, 5.74) is 0.521. The van der Waals surface area contributed by atoms with Crippen molar-refractivity contribution in [1.29, 1.82) is 0 Å². The summed E-state index contributed by atoms with van der Waals surface area (Å²) in [6.45, 7) is 1.91. The molecule has 0 unspecified atom stereocenters. The van der Waals surface area contributed by atoms with E-state index in [1.54, 1.807) is 7.11 Å². The largest absolute Gasteiger partial charge is 0.383 e. The molecule has 0 aromatic carbocycles. The molecule has 0 saturated heterocycles. The molecule has 1 N–H and O–H groups in total. The average molecular weight is 209 g/mol. The van der Waals surface area contributed by atoms with E-state index in [2.05, 4.69) is 5.32 Å². The summed E-state index contributed by atoms with van der Waals surface area (Å²) >= 11 is 0. The Balaban J connectivity index is 1.65. The molecule has 4 fully saturated rings. The van der Waals surface area contributed by atoms with Crippen LogP contribution in [0.5, 0.6) is 0 Å². The highest BCUT2D eigenvalue weighted by molar-refractivity contribution is 5.06. The molecule has 4 aliphatic carbocycles. The number of hydrogen-bond donors (Lipinski definition) is 1. The van der Waals surface area contributed by atoms with Crippen molar-refractivity contribution in [3.05, 3.63) is 0 Å². The Kier molecular flexibility index (Phi) is 2.52. The standard InChI is InChI=1S/C13H23NO/c1-15-3-2-14-13-7-10-4-11(8-13)6-12(5-10)9-13/h10-12,14H,2-9H2,1H3. The molecule has 0 aliphatic heterocycles. The SMILES string of the molecule is COCCNC12CC3CC(CC(C3)C1)C2. The summed E-state index contributed by atoms with van der Waals surface area (Å²) in [6.07, 6.45) is 8.94. The highest BCUT2D eigenvalue weighted by Crippen LogP contribution is 2.55. The molecule has 0 amide bonds. The monoisotopic (exact) mass is 209 g/mol. The maximum absolute atomic E-state index is 5.14. The van der Waals surface area contributed by atoms with E-state index in [-0.39, 0.29) is 0 Å². The normalized spacial score (nSPS) is 47.4. The summed E-state index contributed by atoms with van der Waals surface area (Å²) in [5, 5.41) is 3.80. The summed E-state index contributed by atoms with van der Waals surface area (Å²) in [7, 11) is 1.79. The lowest BCUT2D eigenvalue weighted by Gasteiger charge is -2.57. The number of methoxy groups -OCH3 is 1. The number of rotatable bonds is 4. The van der Waals surface area contributed by atoms with Gasteiger partial charge >= 0.3 is 0 Å². The van der Waals surface area contributed by atoms with E-state index in [0.717, 1.165) is 30.9 Å². The van der Waals surface area contributed by atoms with Crippen LogP contribution in [-0.2, 0) is 4.74 Å². The predicted molar refractivity (Wildman–Crippen MR) is 60.8 cm³/mol. The van der Waals surface area contributed by atoms with Crippen molar-refractivity contribution >= 4 is 0 Å². The molecule has 0 radical (unpaired) electrons. The fourth-order valence-corrected chi connectivity index (χ4v) is 4.75. The Morgan fingerprint density at radius 1 is 1.07 bits per heavy atom. The van der Waals surface area contributed by atoms with Crippen LogP contribution in [0.4, 0.5) is 0 Å². The van der Waals surface area contributed by atoms with Crippen molar-refractivity contribution in [2.45, 2.75) is 44.1 Å². The number of hydrogen-bond acceptors (Lipinski definition) is 2. The van der Waals surface area contributed by atoms with Crippen LogP contribution in [0.15, 0.2) is 0 Å². The second kappa shape index (κ2) is 3.74. The van der Waals surface area contributed by atoms with Crippen LogP contribution in [0.25, 0.3) is 0 Å². The molecule has 4 saturated carbocycles. The molecule has 0 atom stereocenters. The fraction of sp³-hybridized carbons (Fsp3) is 1.00. The van der Waals surface area contributed by atoms with E-state index in [9.17, 15) is 0 Å². The van der Waals surface area contributed by atoms with Gasteiger partial charge in [-0.25, -0.2) is 0 Å². The van der Waals surface area contributed by atoms with E-state index in [0.29, 0.717) is 5.54 Å². The topological polar surface area (TPSA) is 21.3 Å². The smallest absolute Gasteiger partial charge is 0.0587 e. The first kappa shape index (κ1) is 10.1. The molecular formula is C13H23NO. The number of nitrogens with one attached hydrogen (secondary N) is 1. The number of ether oxygens (including phenoxy) is 1. The molecule has 0 heterocycles. The van der Waals surface area contributed by atoms with Crippen LogP contribution in [0.2, 0.25) is 0 Å². The van der Waals surface area contributed by atoms with Gasteiger partial charge in [0.1, 0.15) is 0 Å². The van der Waals surface area contributed by atoms with Gasteiger partial charge in [0, 0.05) is 19.2 Å². The predicted octanol–water partition coefficient (Wildman–Crippen LogP) is 2.19. The molecule has 4 rings (SSSR count). The zero-order valence-electron chi connectivity index (χ0n) is 9.80. The van der Waals surface area contributed by atoms with Gasteiger partial charge in [-0.05, 0) is 56.3 Å². The minimum atomic E-state index is 0.521. The van der Waals surface area contributed by atoms with Crippen molar-refractivity contribution in [1.82, 2.24) is 5.32 Å². The summed E-state index contributed by atoms with van der Waals surface area (Å²) in [5.74, 6) is 3.14. The maximum atomic E-state index is 5.14. The van der Waals surface area contributed by atoms with Gasteiger partial charge in [-0.3, -0.25) is 0 Å². The zero-order chi connectivity index (χ0) is 10.3. The summed E-state index contributed by atoms with van der Waals surface area (Å²) in [4.78, 5) is 0. The van der Waals surface area contributed by atoms with E-state index in [1.165, 1.54) is 38.5 Å². The van der Waals surface area contributed by atoms with E-state index >= 15 is 0 Å². The third kappa shape index (κ3) is 1.83. The first-order chi connectivity index (χ1) is 7.30. The van der Waals surface area contributed by atoms with Crippen molar-refractivity contribution < 1.29 is 4.74 Å². The molecule has 2 heteroatoms. The minimum Gasteiger partial charge on any atom is -0.383 e. The van der Waals surface area contributed by atoms with E-state index in [4.69, 9.17) is 4.74 Å². The van der Waals surface area contributed by atoms with Gasteiger partial charge in [-0.1, -0.05) is 0 Å². The second-order valence-electron chi connectivity index (χ2n) is 6.12. The summed E-state index contributed by atoms with van der Waals surface area (Å²) in [6, 6.07) is 0. The first-order valence-electron chi connectivity index (χ1n) is 6.54. The van der Waals surface area contributed by atoms with Crippen molar-refractivity contribution in [3.63, 3.8) is 0 Å². The Labute approximate surface area is 92.8 Å². The molecule has 0 spiro atoms. The quantitative estimate of drug-likeness (QED) is 0.717. The molecule has 0 aromatic heterocycles. The van der Waals surface area contributed by atoms with Gasteiger partial charge in [0.15, 0.2) is 0 Å². The molecule has 86 valence electrons. The Bertz CT molecular complexity index is 203. The minimum absolute atomic E-state index is 0.521. The van der Waals surface area contributed by atoms with Crippen LogP contribution in [-0.4, -0.2) is 25.8 Å². The van der Waals surface area contributed by atoms with Crippen LogP contribution in [0.3, 0.4) is 0 Å². The van der Waals surface area contributed by atoms with Gasteiger partial charge in [0.25, 0.3) is 0 Å². The molecular weight excluding hydrogens is 186 g/mol. The lowest BCUT2D eigenvalue weighted by Crippen LogP contribution is -2.58. The molecule has 0 aromatic rings. The van der Waals surface area contributed by atoms with Gasteiger partial charge in [-0.2, -0.15) is 0 Å².